The van der Waals surface area contributed by atoms with Crippen LogP contribution in [-0.2, 0) is 0 Å². The second-order valence-electron chi connectivity index (χ2n) is 3.80. The Morgan fingerprint density at radius 2 is 2.08 bits per heavy atom. The van der Waals surface area contributed by atoms with Crippen LogP contribution in [0.5, 0.6) is 0 Å². The molecule has 0 saturated carbocycles. The van der Waals surface area contributed by atoms with Crippen molar-refractivity contribution in [3.05, 3.63) is 23.3 Å². The van der Waals surface area contributed by atoms with E-state index in [1.807, 2.05) is 0 Å². The zero-order valence-corrected chi connectivity index (χ0v) is 8.56. The van der Waals surface area contributed by atoms with Crippen LogP contribution in [0.1, 0.15) is 46.5 Å². The van der Waals surface area contributed by atoms with Gasteiger partial charge in [-0.2, -0.15) is 0 Å². The molecule has 0 aromatic heterocycles. The Morgan fingerprint density at radius 1 is 1.33 bits per heavy atom. The maximum absolute atomic E-state index is 2.32. The molecule has 0 radical (unpaired) electrons. The van der Waals surface area contributed by atoms with Crippen LogP contribution in [0.2, 0.25) is 0 Å². The molecule has 0 fully saturated rings. The smallest absolute Gasteiger partial charge is 0.0248 e. The minimum absolute atomic E-state index is 0.932. The summed E-state index contributed by atoms with van der Waals surface area (Å²) in [5.41, 5.74) is 3.22. The molecule has 68 valence electrons. The molecule has 1 rings (SSSR count). The van der Waals surface area contributed by atoms with Crippen molar-refractivity contribution >= 4 is 0 Å². The van der Waals surface area contributed by atoms with E-state index in [0.717, 1.165) is 12.3 Å². The standard InChI is InChI=1S/C12H20/c1-4-6-7-12-9-11(5-2)8-10(12)3/h6-7,11H,4-5,8-9H2,1-3H3/b7-6-. The highest BCUT2D eigenvalue weighted by Crippen LogP contribution is 2.33. The molecule has 0 bridgehead atoms. The number of rotatable bonds is 3. The Balaban J connectivity index is 2.54. The first-order valence-corrected chi connectivity index (χ1v) is 5.13. The molecular weight excluding hydrogens is 144 g/mol. The first-order chi connectivity index (χ1) is 5.77. The van der Waals surface area contributed by atoms with Crippen LogP contribution in [0.3, 0.4) is 0 Å². The van der Waals surface area contributed by atoms with Crippen molar-refractivity contribution in [1.82, 2.24) is 0 Å². The molecule has 0 spiro atoms. The van der Waals surface area contributed by atoms with E-state index in [2.05, 4.69) is 32.9 Å². The minimum Gasteiger partial charge on any atom is -0.0845 e. The highest BCUT2D eigenvalue weighted by molar-refractivity contribution is 5.29. The van der Waals surface area contributed by atoms with Crippen LogP contribution in [0, 0.1) is 5.92 Å². The van der Waals surface area contributed by atoms with Gasteiger partial charge in [0.25, 0.3) is 0 Å². The van der Waals surface area contributed by atoms with Crippen LogP contribution in [0.15, 0.2) is 23.3 Å². The number of allylic oxidation sites excluding steroid dienone is 4. The van der Waals surface area contributed by atoms with Crippen LogP contribution >= 0.6 is 0 Å². The molecule has 1 unspecified atom stereocenters. The molecule has 0 N–H and O–H groups in total. The van der Waals surface area contributed by atoms with E-state index in [4.69, 9.17) is 0 Å². The monoisotopic (exact) mass is 164 g/mol. The maximum atomic E-state index is 2.32. The van der Waals surface area contributed by atoms with Gasteiger partial charge in [0.05, 0.1) is 0 Å². The highest BCUT2D eigenvalue weighted by Gasteiger charge is 2.17. The third-order valence-electron chi connectivity index (χ3n) is 2.78. The molecule has 12 heavy (non-hydrogen) atoms. The molecule has 0 saturated heterocycles. The third kappa shape index (κ3) is 2.23. The Morgan fingerprint density at radius 3 is 2.58 bits per heavy atom. The zero-order chi connectivity index (χ0) is 8.97. The van der Waals surface area contributed by atoms with Gasteiger partial charge in [0.1, 0.15) is 0 Å². The van der Waals surface area contributed by atoms with Gasteiger partial charge in [-0.1, -0.05) is 38.0 Å². The Kier molecular flexibility index (Phi) is 3.58. The summed E-state index contributed by atoms with van der Waals surface area (Å²) in [6, 6.07) is 0. The van der Waals surface area contributed by atoms with Gasteiger partial charge in [-0.3, -0.25) is 0 Å². The summed E-state index contributed by atoms with van der Waals surface area (Å²) in [6.07, 6.45) is 9.75. The van der Waals surface area contributed by atoms with Gasteiger partial charge in [-0.05, 0) is 37.7 Å². The SMILES string of the molecule is CC/C=C\C1=C(C)CC(CC)C1. The van der Waals surface area contributed by atoms with E-state index in [9.17, 15) is 0 Å². The van der Waals surface area contributed by atoms with Crippen molar-refractivity contribution < 1.29 is 0 Å². The van der Waals surface area contributed by atoms with Gasteiger partial charge in [0, 0.05) is 0 Å². The summed E-state index contributed by atoms with van der Waals surface area (Å²) in [5.74, 6) is 0.932. The first kappa shape index (κ1) is 9.57. The molecular formula is C12H20. The largest absolute Gasteiger partial charge is 0.0845 e. The second kappa shape index (κ2) is 4.49. The predicted molar refractivity (Wildman–Crippen MR) is 55.1 cm³/mol. The molecule has 1 aliphatic carbocycles. The fourth-order valence-corrected chi connectivity index (χ4v) is 1.88. The summed E-state index contributed by atoms with van der Waals surface area (Å²) < 4.78 is 0. The van der Waals surface area contributed by atoms with Gasteiger partial charge >= 0.3 is 0 Å². The van der Waals surface area contributed by atoms with Crippen LogP contribution in [0.4, 0.5) is 0 Å². The fraction of sp³-hybridized carbons (Fsp3) is 0.667. The lowest BCUT2D eigenvalue weighted by Gasteiger charge is -2.03. The van der Waals surface area contributed by atoms with E-state index in [1.54, 1.807) is 11.1 Å². The summed E-state index contributed by atoms with van der Waals surface area (Å²) in [6.45, 7) is 6.77. The van der Waals surface area contributed by atoms with Gasteiger partial charge < -0.3 is 0 Å². The van der Waals surface area contributed by atoms with Crippen molar-refractivity contribution in [1.29, 1.82) is 0 Å². The van der Waals surface area contributed by atoms with Crippen LogP contribution in [-0.4, -0.2) is 0 Å². The summed E-state index contributed by atoms with van der Waals surface area (Å²) in [4.78, 5) is 0. The van der Waals surface area contributed by atoms with E-state index >= 15 is 0 Å². The zero-order valence-electron chi connectivity index (χ0n) is 8.56. The lowest BCUT2D eigenvalue weighted by atomic mass is 10.0. The van der Waals surface area contributed by atoms with Gasteiger partial charge in [0.15, 0.2) is 0 Å². The lowest BCUT2D eigenvalue weighted by Crippen LogP contribution is -1.90. The molecule has 0 aromatic rings. The molecule has 1 aliphatic rings. The van der Waals surface area contributed by atoms with E-state index in [0.29, 0.717) is 0 Å². The van der Waals surface area contributed by atoms with Crippen molar-refractivity contribution in [2.45, 2.75) is 46.5 Å². The van der Waals surface area contributed by atoms with Crippen molar-refractivity contribution in [3.8, 4) is 0 Å². The average Bonchev–Trinajstić information content (AvgIpc) is 2.43. The van der Waals surface area contributed by atoms with Crippen LogP contribution in [0.25, 0.3) is 0 Å². The third-order valence-corrected chi connectivity index (χ3v) is 2.78. The van der Waals surface area contributed by atoms with E-state index in [1.165, 1.54) is 19.3 Å². The molecule has 0 aliphatic heterocycles. The summed E-state index contributed by atoms with van der Waals surface area (Å²) >= 11 is 0. The normalized spacial score (nSPS) is 24.4. The maximum Gasteiger partial charge on any atom is -0.0248 e. The summed E-state index contributed by atoms with van der Waals surface area (Å²) in [5, 5.41) is 0. The Labute approximate surface area is 76.4 Å². The van der Waals surface area contributed by atoms with E-state index in [-0.39, 0.29) is 0 Å². The van der Waals surface area contributed by atoms with Crippen molar-refractivity contribution in [2.24, 2.45) is 5.92 Å². The topological polar surface area (TPSA) is 0 Å². The molecule has 0 heterocycles. The Bertz CT molecular complexity index is 196. The number of hydrogen-bond acceptors (Lipinski definition) is 0. The quantitative estimate of drug-likeness (QED) is 0.589. The lowest BCUT2D eigenvalue weighted by molar-refractivity contribution is 0.539. The van der Waals surface area contributed by atoms with Crippen molar-refractivity contribution in [2.75, 3.05) is 0 Å². The highest BCUT2D eigenvalue weighted by atomic mass is 14.2. The molecule has 0 amide bonds. The van der Waals surface area contributed by atoms with Crippen LogP contribution < -0.4 is 0 Å². The molecule has 0 nitrogen and oxygen atoms in total. The van der Waals surface area contributed by atoms with Crippen molar-refractivity contribution in [3.63, 3.8) is 0 Å². The second-order valence-corrected chi connectivity index (χ2v) is 3.80. The number of hydrogen-bond donors (Lipinski definition) is 0. The first-order valence-electron chi connectivity index (χ1n) is 5.13. The predicted octanol–water partition coefficient (Wildman–Crippen LogP) is 4.09. The van der Waals surface area contributed by atoms with Gasteiger partial charge in [-0.25, -0.2) is 0 Å². The Hall–Kier alpha value is -0.520. The molecule has 0 heteroatoms. The average molecular weight is 164 g/mol. The van der Waals surface area contributed by atoms with Gasteiger partial charge in [0.2, 0.25) is 0 Å². The minimum atomic E-state index is 0.932. The summed E-state index contributed by atoms with van der Waals surface area (Å²) in [7, 11) is 0. The van der Waals surface area contributed by atoms with E-state index < -0.39 is 0 Å². The molecule has 0 aromatic carbocycles. The van der Waals surface area contributed by atoms with Gasteiger partial charge in [-0.15, -0.1) is 0 Å². The fourth-order valence-electron chi connectivity index (χ4n) is 1.88. The molecule has 1 atom stereocenters.